The van der Waals surface area contributed by atoms with Gasteiger partial charge in [0.15, 0.2) is 5.96 Å². The van der Waals surface area contributed by atoms with Gasteiger partial charge in [0, 0.05) is 50.0 Å². The molecule has 0 aromatic heterocycles. The summed E-state index contributed by atoms with van der Waals surface area (Å²) in [4.78, 5) is 9.79. The Balaban J connectivity index is 0.00000225. The molecule has 140 valence electrons. The average Bonchev–Trinajstić information content (AvgIpc) is 3.25. The lowest BCUT2D eigenvalue weighted by atomic mass is 10.1. The zero-order chi connectivity index (χ0) is 16.9. The Labute approximate surface area is 174 Å². The fourth-order valence-corrected chi connectivity index (χ4v) is 3.86. The van der Waals surface area contributed by atoms with Crippen LogP contribution < -0.4 is 10.2 Å². The van der Waals surface area contributed by atoms with Crippen LogP contribution in [0.3, 0.4) is 0 Å². The molecule has 0 amide bonds. The molecule has 25 heavy (non-hydrogen) atoms. The number of aliphatic imine (C=N–C) groups is 1. The van der Waals surface area contributed by atoms with Crippen LogP contribution in [0.1, 0.15) is 31.7 Å². The zero-order valence-corrected chi connectivity index (χ0v) is 18.4. The Bertz CT molecular complexity index is 587. The summed E-state index contributed by atoms with van der Waals surface area (Å²) in [5, 5.41) is 4.27. The first-order chi connectivity index (χ1) is 11.7. The number of anilines is 1. The number of rotatable bonds is 4. The number of nitrogens with zero attached hydrogens (tertiary/aromatic N) is 3. The molecule has 0 spiro atoms. The third-order valence-corrected chi connectivity index (χ3v) is 5.27. The second kappa shape index (κ2) is 9.86. The highest BCUT2D eigenvalue weighted by Crippen LogP contribution is 2.29. The molecule has 6 heteroatoms. The molecule has 2 saturated heterocycles. The number of guanidine groups is 1. The van der Waals surface area contributed by atoms with Crippen molar-refractivity contribution in [1.29, 1.82) is 0 Å². The van der Waals surface area contributed by atoms with Crippen LogP contribution in [0.2, 0.25) is 5.02 Å². The minimum absolute atomic E-state index is 0. The SMILES string of the molecule is CCNC(=NCC1CCN(c2cc(Cl)ccc2C)C1)N1CCCC1.I. The topological polar surface area (TPSA) is 30.9 Å². The molecule has 2 heterocycles. The average molecular weight is 477 g/mol. The summed E-state index contributed by atoms with van der Waals surface area (Å²) in [5.74, 6) is 1.73. The molecule has 1 N–H and O–H groups in total. The molecule has 0 bridgehead atoms. The van der Waals surface area contributed by atoms with Crippen molar-refractivity contribution < 1.29 is 0 Å². The van der Waals surface area contributed by atoms with E-state index in [-0.39, 0.29) is 24.0 Å². The molecule has 2 aliphatic rings. The van der Waals surface area contributed by atoms with E-state index in [0.717, 1.165) is 50.3 Å². The maximum Gasteiger partial charge on any atom is 0.193 e. The van der Waals surface area contributed by atoms with Gasteiger partial charge in [0.1, 0.15) is 0 Å². The first-order valence-corrected chi connectivity index (χ1v) is 9.59. The smallest absolute Gasteiger partial charge is 0.193 e. The molecule has 2 aliphatic heterocycles. The Morgan fingerprint density at radius 1 is 1.28 bits per heavy atom. The van der Waals surface area contributed by atoms with Crippen molar-refractivity contribution in [2.45, 2.75) is 33.1 Å². The molecule has 2 fully saturated rings. The normalized spacial score (nSPS) is 20.8. The molecule has 3 rings (SSSR count). The summed E-state index contributed by atoms with van der Waals surface area (Å²) in [7, 11) is 0. The van der Waals surface area contributed by atoms with Crippen molar-refractivity contribution in [2.75, 3.05) is 44.2 Å². The van der Waals surface area contributed by atoms with E-state index in [1.807, 2.05) is 6.07 Å². The van der Waals surface area contributed by atoms with Crippen LogP contribution in [0.5, 0.6) is 0 Å². The number of likely N-dealkylation sites (tertiary alicyclic amines) is 1. The fourth-order valence-electron chi connectivity index (χ4n) is 3.69. The van der Waals surface area contributed by atoms with Crippen molar-refractivity contribution in [2.24, 2.45) is 10.9 Å². The molecule has 1 atom stereocenters. The van der Waals surface area contributed by atoms with Gasteiger partial charge in [-0.05, 0) is 56.7 Å². The summed E-state index contributed by atoms with van der Waals surface area (Å²) in [6.07, 6.45) is 3.78. The molecule has 0 aliphatic carbocycles. The van der Waals surface area contributed by atoms with E-state index in [2.05, 4.69) is 41.1 Å². The van der Waals surface area contributed by atoms with Crippen molar-refractivity contribution in [3.05, 3.63) is 28.8 Å². The lowest BCUT2D eigenvalue weighted by Gasteiger charge is -2.22. The molecular formula is C19H30ClIN4. The number of hydrogen-bond donors (Lipinski definition) is 1. The number of halogens is 2. The summed E-state index contributed by atoms with van der Waals surface area (Å²) in [6.45, 7) is 10.6. The van der Waals surface area contributed by atoms with Crippen LogP contribution in [0.4, 0.5) is 5.69 Å². The number of benzene rings is 1. The van der Waals surface area contributed by atoms with Gasteiger partial charge in [-0.25, -0.2) is 0 Å². The van der Waals surface area contributed by atoms with Crippen LogP contribution in [-0.2, 0) is 0 Å². The third kappa shape index (κ3) is 5.39. The molecule has 1 aromatic carbocycles. The standard InChI is InChI=1S/C19H29ClN4.HI/c1-3-21-19(23-9-4-5-10-23)22-13-16-8-11-24(14-16)18-12-17(20)7-6-15(18)2;/h6-7,12,16H,3-5,8-11,13-14H2,1-2H3,(H,21,22);1H. The lowest BCUT2D eigenvalue weighted by Crippen LogP contribution is -2.40. The van der Waals surface area contributed by atoms with Gasteiger partial charge in [0.2, 0.25) is 0 Å². The highest BCUT2D eigenvalue weighted by atomic mass is 127. The van der Waals surface area contributed by atoms with Gasteiger partial charge in [-0.1, -0.05) is 17.7 Å². The minimum Gasteiger partial charge on any atom is -0.371 e. The van der Waals surface area contributed by atoms with Gasteiger partial charge in [-0.15, -0.1) is 24.0 Å². The maximum absolute atomic E-state index is 6.18. The van der Waals surface area contributed by atoms with Crippen molar-refractivity contribution in [1.82, 2.24) is 10.2 Å². The van der Waals surface area contributed by atoms with E-state index >= 15 is 0 Å². The molecule has 4 nitrogen and oxygen atoms in total. The number of nitrogens with one attached hydrogen (secondary N) is 1. The van der Waals surface area contributed by atoms with Gasteiger partial charge in [0.05, 0.1) is 0 Å². The number of aryl methyl sites for hydroxylation is 1. The summed E-state index contributed by atoms with van der Waals surface area (Å²) < 4.78 is 0. The van der Waals surface area contributed by atoms with E-state index in [0.29, 0.717) is 5.92 Å². The van der Waals surface area contributed by atoms with Crippen LogP contribution in [0.25, 0.3) is 0 Å². The Hall–Kier alpha value is -0.690. The van der Waals surface area contributed by atoms with Gasteiger partial charge in [-0.3, -0.25) is 4.99 Å². The maximum atomic E-state index is 6.18. The molecule has 1 aromatic rings. The Morgan fingerprint density at radius 2 is 2.04 bits per heavy atom. The van der Waals surface area contributed by atoms with E-state index in [4.69, 9.17) is 16.6 Å². The van der Waals surface area contributed by atoms with Crippen molar-refractivity contribution in [3.8, 4) is 0 Å². The summed E-state index contributed by atoms with van der Waals surface area (Å²) in [6, 6.07) is 6.17. The second-order valence-corrected chi connectivity index (χ2v) is 7.36. The van der Waals surface area contributed by atoms with Crippen LogP contribution in [0.15, 0.2) is 23.2 Å². The molecule has 0 radical (unpaired) electrons. The first kappa shape index (κ1) is 20.6. The molecular weight excluding hydrogens is 447 g/mol. The first-order valence-electron chi connectivity index (χ1n) is 9.21. The van der Waals surface area contributed by atoms with Gasteiger partial charge in [-0.2, -0.15) is 0 Å². The third-order valence-electron chi connectivity index (χ3n) is 5.04. The predicted molar refractivity (Wildman–Crippen MR) is 119 cm³/mol. The summed E-state index contributed by atoms with van der Waals surface area (Å²) in [5.41, 5.74) is 2.58. The summed E-state index contributed by atoms with van der Waals surface area (Å²) >= 11 is 6.18. The Morgan fingerprint density at radius 3 is 2.76 bits per heavy atom. The highest BCUT2D eigenvalue weighted by molar-refractivity contribution is 14.0. The van der Waals surface area contributed by atoms with Gasteiger partial charge in [0.25, 0.3) is 0 Å². The van der Waals surface area contributed by atoms with Crippen LogP contribution in [-0.4, -0.2) is 50.1 Å². The van der Waals surface area contributed by atoms with Gasteiger partial charge >= 0.3 is 0 Å². The van der Waals surface area contributed by atoms with E-state index in [9.17, 15) is 0 Å². The predicted octanol–water partition coefficient (Wildman–Crippen LogP) is 4.15. The molecule has 0 saturated carbocycles. The zero-order valence-electron chi connectivity index (χ0n) is 15.3. The van der Waals surface area contributed by atoms with E-state index < -0.39 is 0 Å². The highest BCUT2D eigenvalue weighted by Gasteiger charge is 2.24. The Kier molecular flexibility index (Phi) is 8.13. The van der Waals surface area contributed by atoms with Crippen molar-refractivity contribution >= 4 is 47.2 Å². The largest absolute Gasteiger partial charge is 0.371 e. The monoisotopic (exact) mass is 476 g/mol. The quantitative estimate of drug-likeness (QED) is 0.402. The number of hydrogen-bond acceptors (Lipinski definition) is 2. The molecule has 1 unspecified atom stereocenters. The van der Waals surface area contributed by atoms with E-state index in [1.54, 1.807) is 0 Å². The van der Waals surface area contributed by atoms with Crippen molar-refractivity contribution in [3.63, 3.8) is 0 Å². The van der Waals surface area contributed by atoms with E-state index in [1.165, 1.54) is 30.5 Å². The second-order valence-electron chi connectivity index (χ2n) is 6.92. The van der Waals surface area contributed by atoms with Gasteiger partial charge < -0.3 is 15.1 Å². The van der Waals surface area contributed by atoms with Crippen LogP contribution >= 0.6 is 35.6 Å². The lowest BCUT2D eigenvalue weighted by molar-refractivity contribution is 0.488. The fraction of sp³-hybridized carbons (Fsp3) is 0.632. The van der Waals surface area contributed by atoms with Crippen LogP contribution in [0, 0.1) is 12.8 Å². The minimum atomic E-state index is 0.